The standard InChI is InChI=1S/C2H5ClS.Au/c1-4-2-3;/h2H2,1H3;. The molecule has 0 aromatic carbocycles. The van der Waals surface area contributed by atoms with E-state index in [0.29, 0.717) is 5.21 Å². The maximum absolute atomic E-state index is 5.15. The predicted octanol–water partition coefficient (Wildman–Crippen LogP) is 1.54. The Bertz CT molecular complexity index is 11.6. The first-order chi connectivity index (χ1) is 1.91. The molecule has 0 atom stereocenters. The van der Waals surface area contributed by atoms with Gasteiger partial charge in [0.15, 0.2) is 0 Å². The van der Waals surface area contributed by atoms with Crippen LogP contribution in [-0.4, -0.2) is 11.5 Å². The first-order valence-electron chi connectivity index (χ1n) is 0.964. The Hall–Kier alpha value is 1.38. The SMILES string of the molecule is CSCCl.[Au]. The van der Waals surface area contributed by atoms with Gasteiger partial charge in [-0.1, -0.05) is 0 Å². The van der Waals surface area contributed by atoms with Crippen LogP contribution in [0.25, 0.3) is 0 Å². The van der Waals surface area contributed by atoms with Gasteiger partial charge in [0.05, 0.1) is 5.21 Å². The average Bonchev–Trinajstić information content (AvgIpc) is 1.37. The van der Waals surface area contributed by atoms with E-state index < -0.39 is 0 Å². The molecule has 0 aromatic rings. The Kier molecular flexibility index (Phi) is 17.4. The van der Waals surface area contributed by atoms with Gasteiger partial charge < -0.3 is 0 Å². The summed E-state index contributed by atoms with van der Waals surface area (Å²) in [6, 6.07) is 0. The van der Waals surface area contributed by atoms with Crippen LogP contribution in [0, 0.1) is 0 Å². The normalized spacial score (nSPS) is 6.00. The molecule has 0 heterocycles. The van der Waals surface area contributed by atoms with Gasteiger partial charge in [-0.25, -0.2) is 0 Å². The molecule has 0 saturated heterocycles. The predicted molar refractivity (Wildman–Crippen MR) is 24.2 cm³/mol. The molecule has 0 N–H and O–H groups in total. The van der Waals surface area contributed by atoms with Gasteiger partial charge in [-0.05, 0) is 6.26 Å². The molecule has 0 aliphatic rings. The minimum Gasteiger partial charge on any atom is -0.149 e. The maximum atomic E-state index is 5.15. The molecule has 0 saturated carbocycles. The first-order valence-corrected chi connectivity index (χ1v) is 2.89. The summed E-state index contributed by atoms with van der Waals surface area (Å²) in [6.07, 6.45) is 1.97. The summed E-state index contributed by atoms with van der Waals surface area (Å²) in [4.78, 5) is 0. The Morgan fingerprint density at radius 1 is 1.80 bits per heavy atom. The fourth-order valence-electron chi connectivity index (χ4n) is 0. The summed E-state index contributed by atoms with van der Waals surface area (Å²) in [5.41, 5.74) is 0. The molecular formula is C2H5AuClS. The van der Waals surface area contributed by atoms with Crippen molar-refractivity contribution in [2.75, 3.05) is 11.5 Å². The molecule has 0 unspecified atom stereocenters. The fourth-order valence-corrected chi connectivity index (χ4v) is 0. The van der Waals surface area contributed by atoms with E-state index in [2.05, 4.69) is 0 Å². The van der Waals surface area contributed by atoms with Crippen molar-refractivity contribution in [3.8, 4) is 0 Å². The summed E-state index contributed by atoms with van der Waals surface area (Å²) in [5, 5.41) is 0.708. The van der Waals surface area contributed by atoms with Crippen LogP contribution in [-0.2, 0) is 22.4 Å². The fraction of sp³-hybridized carbons (Fsp3) is 1.00. The minimum atomic E-state index is 0. The Morgan fingerprint density at radius 3 is 2.00 bits per heavy atom. The molecule has 0 aliphatic carbocycles. The van der Waals surface area contributed by atoms with Crippen molar-refractivity contribution < 1.29 is 22.4 Å². The second-order valence-electron chi connectivity index (χ2n) is 0.398. The van der Waals surface area contributed by atoms with Gasteiger partial charge in [0.2, 0.25) is 0 Å². The first kappa shape index (κ1) is 9.63. The number of rotatable bonds is 1. The zero-order valence-corrected chi connectivity index (χ0v) is 6.53. The molecule has 1 radical (unpaired) electrons. The van der Waals surface area contributed by atoms with E-state index in [0.717, 1.165) is 0 Å². The van der Waals surface area contributed by atoms with Gasteiger partial charge in [0.1, 0.15) is 0 Å². The van der Waals surface area contributed by atoms with E-state index in [9.17, 15) is 0 Å². The Morgan fingerprint density at radius 2 is 2.00 bits per heavy atom. The van der Waals surface area contributed by atoms with Crippen LogP contribution in [0.4, 0.5) is 0 Å². The van der Waals surface area contributed by atoms with E-state index in [1.165, 1.54) is 0 Å². The molecule has 3 heteroatoms. The zero-order chi connectivity index (χ0) is 3.41. The van der Waals surface area contributed by atoms with Crippen LogP contribution in [0.2, 0.25) is 0 Å². The van der Waals surface area contributed by atoms with Gasteiger partial charge in [0, 0.05) is 22.4 Å². The van der Waals surface area contributed by atoms with Crippen molar-refractivity contribution in [2.45, 2.75) is 0 Å². The van der Waals surface area contributed by atoms with Gasteiger partial charge in [0.25, 0.3) is 0 Å². The molecular weight excluding hydrogens is 289 g/mol. The van der Waals surface area contributed by atoms with E-state index >= 15 is 0 Å². The zero-order valence-electron chi connectivity index (χ0n) is 2.79. The monoisotopic (exact) mass is 293 g/mol. The summed E-state index contributed by atoms with van der Waals surface area (Å²) in [7, 11) is 0. The third-order valence-electron chi connectivity index (χ3n) is 0.109. The number of halogens is 1. The quantitative estimate of drug-likeness (QED) is 0.522. The van der Waals surface area contributed by atoms with Gasteiger partial charge in [-0.3, -0.25) is 0 Å². The van der Waals surface area contributed by atoms with E-state index in [4.69, 9.17) is 11.6 Å². The van der Waals surface area contributed by atoms with Crippen molar-refractivity contribution in [1.29, 1.82) is 0 Å². The molecule has 0 bridgehead atoms. The second-order valence-corrected chi connectivity index (χ2v) is 1.85. The molecule has 5 heavy (non-hydrogen) atoms. The molecule has 0 amide bonds. The average molecular weight is 294 g/mol. The summed E-state index contributed by atoms with van der Waals surface area (Å²) < 4.78 is 0. The van der Waals surface area contributed by atoms with Crippen LogP contribution in [0.5, 0.6) is 0 Å². The molecule has 37 valence electrons. The Balaban J connectivity index is 0. The summed E-state index contributed by atoms with van der Waals surface area (Å²) >= 11 is 6.77. The van der Waals surface area contributed by atoms with Crippen molar-refractivity contribution in [2.24, 2.45) is 0 Å². The number of hydrogen-bond acceptors (Lipinski definition) is 1. The van der Waals surface area contributed by atoms with Gasteiger partial charge >= 0.3 is 0 Å². The Labute approximate surface area is 57.2 Å². The third kappa shape index (κ3) is 10.9. The second kappa shape index (κ2) is 9.03. The molecule has 0 aliphatic heterocycles. The van der Waals surface area contributed by atoms with E-state index in [1.807, 2.05) is 6.26 Å². The largest absolute Gasteiger partial charge is 0.149 e. The van der Waals surface area contributed by atoms with Crippen LogP contribution in [0.3, 0.4) is 0 Å². The third-order valence-corrected chi connectivity index (χ3v) is 0.982. The van der Waals surface area contributed by atoms with Crippen molar-refractivity contribution >= 4 is 23.4 Å². The van der Waals surface area contributed by atoms with E-state index in [-0.39, 0.29) is 22.4 Å². The number of hydrogen-bond donors (Lipinski definition) is 0. The van der Waals surface area contributed by atoms with Gasteiger partial charge in [-0.15, -0.1) is 23.4 Å². The summed E-state index contributed by atoms with van der Waals surface area (Å²) in [6.45, 7) is 0. The minimum absolute atomic E-state index is 0. The molecule has 0 fully saturated rings. The van der Waals surface area contributed by atoms with Gasteiger partial charge in [-0.2, -0.15) is 0 Å². The molecule has 0 aromatic heterocycles. The number of thioether (sulfide) groups is 1. The van der Waals surface area contributed by atoms with Crippen LogP contribution in [0.15, 0.2) is 0 Å². The topological polar surface area (TPSA) is 0 Å². The van der Waals surface area contributed by atoms with Crippen molar-refractivity contribution in [1.82, 2.24) is 0 Å². The van der Waals surface area contributed by atoms with Crippen LogP contribution < -0.4 is 0 Å². The van der Waals surface area contributed by atoms with Crippen LogP contribution in [0.1, 0.15) is 0 Å². The van der Waals surface area contributed by atoms with Crippen molar-refractivity contribution in [3.63, 3.8) is 0 Å². The molecule has 0 spiro atoms. The maximum Gasteiger partial charge on any atom is 0.0677 e. The van der Waals surface area contributed by atoms with Crippen LogP contribution >= 0.6 is 23.4 Å². The molecule has 0 rings (SSSR count). The smallest absolute Gasteiger partial charge is 0.0677 e. The number of alkyl halides is 1. The van der Waals surface area contributed by atoms with E-state index in [1.54, 1.807) is 11.8 Å². The molecule has 0 nitrogen and oxygen atoms in total. The van der Waals surface area contributed by atoms with Crippen molar-refractivity contribution in [3.05, 3.63) is 0 Å². The summed E-state index contributed by atoms with van der Waals surface area (Å²) in [5.74, 6) is 0.